The molecule has 5 nitrogen and oxygen atoms in total. The first-order chi connectivity index (χ1) is 10.00. The zero-order chi connectivity index (χ0) is 16.7. The van der Waals surface area contributed by atoms with Crippen LogP contribution in [0.5, 0.6) is 5.75 Å². The van der Waals surface area contributed by atoms with Crippen molar-refractivity contribution in [2.45, 2.75) is 58.8 Å². The Hall–Kier alpha value is -1.91. The third kappa shape index (κ3) is 3.29. The van der Waals surface area contributed by atoms with Crippen LogP contribution in [0.3, 0.4) is 0 Å². The topological polar surface area (TPSA) is 72.3 Å². The second-order valence-corrected chi connectivity index (χ2v) is 7.68. The number of ether oxygens (including phenoxy) is 1. The lowest BCUT2D eigenvalue weighted by atomic mass is 9.85. The Labute approximate surface area is 131 Å². The van der Waals surface area contributed by atoms with Crippen molar-refractivity contribution in [3.8, 4) is 5.75 Å². The van der Waals surface area contributed by atoms with Crippen molar-refractivity contribution in [2.75, 3.05) is 6.61 Å². The average Bonchev–Trinajstić information content (AvgIpc) is 2.74. The number of nitrogens with zero attached hydrogens (tertiary/aromatic N) is 2. The van der Waals surface area contributed by atoms with Gasteiger partial charge in [-0.3, -0.25) is 0 Å². The van der Waals surface area contributed by atoms with E-state index < -0.39 is 0 Å². The monoisotopic (exact) mass is 304 g/mol. The minimum Gasteiger partial charge on any atom is -0.504 e. The third-order valence-corrected chi connectivity index (χ3v) is 3.49. The molecule has 0 radical (unpaired) electrons. The van der Waals surface area contributed by atoms with E-state index >= 15 is 0 Å². The van der Waals surface area contributed by atoms with Gasteiger partial charge in [-0.15, -0.1) is 0 Å². The van der Waals surface area contributed by atoms with Crippen LogP contribution in [0.4, 0.5) is 0 Å². The Morgan fingerprint density at radius 3 is 1.91 bits per heavy atom. The van der Waals surface area contributed by atoms with Gasteiger partial charge in [0.15, 0.2) is 11.6 Å². The Morgan fingerprint density at radius 2 is 1.55 bits per heavy atom. The lowest BCUT2D eigenvalue weighted by molar-refractivity contribution is -0.134. The van der Waals surface area contributed by atoms with Gasteiger partial charge >= 0.3 is 5.97 Å². The van der Waals surface area contributed by atoms with Crippen molar-refractivity contribution < 1.29 is 14.6 Å². The van der Waals surface area contributed by atoms with E-state index in [1.165, 1.54) is 0 Å². The quantitative estimate of drug-likeness (QED) is 0.637. The van der Waals surface area contributed by atoms with E-state index in [-0.39, 0.29) is 22.5 Å². The number of esters is 1. The van der Waals surface area contributed by atoms with Crippen LogP contribution in [0, 0.1) is 0 Å². The van der Waals surface area contributed by atoms with Gasteiger partial charge in [0.05, 0.1) is 18.0 Å². The zero-order valence-corrected chi connectivity index (χ0v) is 14.1. The Balaban J connectivity index is 2.63. The molecule has 120 valence electrons. The number of rotatable bonds is 1. The second kappa shape index (κ2) is 5.38. The van der Waals surface area contributed by atoms with E-state index in [9.17, 15) is 9.90 Å². The van der Waals surface area contributed by atoms with Gasteiger partial charge in [0, 0.05) is 22.8 Å². The van der Waals surface area contributed by atoms with Crippen LogP contribution in [0.25, 0.3) is 6.08 Å². The Kier molecular flexibility index (Phi) is 4.02. The molecule has 1 aliphatic heterocycles. The van der Waals surface area contributed by atoms with Gasteiger partial charge < -0.3 is 9.84 Å². The highest BCUT2D eigenvalue weighted by molar-refractivity contribution is 5.94. The molecule has 2 rings (SSSR count). The zero-order valence-electron chi connectivity index (χ0n) is 14.1. The predicted octanol–water partition coefficient (Wildman–Crippen LogP) is 3.11. The van der Waals surface area contributed by atoms with E-state index in [2.05, 4.69) is 9.97 Å². The first-order valence-electron chi connectivity index (χ1n) is 7.50. The number of aromatic hydroxyl groups is 1. The smallest absolute Gasteiger partial charge is 0.334 e. The molecule has 0 spiro atoms. The van der Waals surface area contributed by atoms with Crippen LogP contribution in [0.15, 0.2) is 5.57 Å². The minimum absolute atomic E-state index is 0.135. The Bertz CT molecular complexity index is 599. The van der Waals surface area contributed by atoms with Gasteiger partial charge in [0.1, 0.15) is 0 Å². The highest BCUT2D eigenvalue weighted by Crippen LogP contribution is 2.36. The third-order valence-electron chi connectivity index (χ3n) is 3.49. The number of carbonyl (C=O) groups excluding carboxylic acids is 1. The van der Waals surface area contributed by atoms with E-state index in [4.69, 9.17) is 4.74 Å². The number of hydrogen-bond donors (Lipinski definition) is 1. The van der Waals surface area contributed by atoms with E-state index in [1.54, 1.807) is 6.08 Å². The lowest BCUT2D eigenvalue weighted by Gasteiger charge is -2.25. The maximum absolute atomic E-state index is 11.6. The predicted molar refractivity (Wildman–Crippen MR) is 84.6 cm³/mol. The molecular weight excluding hydrogens is 280 g/mol. The second-order valence-electron chi connectivity index (χ2n) is 7.68. The van der Waals surface area contributed by atoms with E-state index in [0.717, 1.165) is 0 Å². The normalized spacial score (nSPS) is 17.9. The molecular formula is C17H24N2O3. The highest BCUT2D eigenvalue weighted by Gasteiger charge is 2.29. The fourth-order valence-electron chi connectivity index (χ4n) is 2.32. The highest BCUT2D eigenvalue weighted by atomic mass is 16.5. The summed E-state index contributed by atoms with van der Waals surface area (Å²) in [4.78, 5) is 20.6. The van der Waals surface area contributed by atoms with Crippen molar-refractivity contribution in [1.82, 2.24) is 9.97 Å². The summed E-state index contributed by atoms with van der Waals surface area (Å²) in [6, 6.07) is 0. The first-order valence-corrected chi connectivity index (χ1v) is 7.50. The lowest BCUT2D eigenvalue weighted by Crippen LogP contribution is -2.21. The molecule has 0 aliphatic carbocycles. The summed E-state index contributed by atoms with van der Waals surface area (Å²) in [5, 5.41) is 10.6. The maximum Gasteiger partial charge on any atom is 0.334 e. The molecule has 5 heteroatoms. The van der Waals surface area contributed by atoms with Crippen LogP contribution in [0.1, 0.15) is 65.2 Å². The molecule has 0 saturated carbocycles. The molecule has 2 heterocycles. The van der Waals surface area contributed by atoms with Crippen LogP contribution in [-0.4, -0.2) is 27.7 Å². The van der Waals surface area contributed by atoms with Crippen LogP contribution >= 0.6 is 0 Å². The number of aromatic nitrogens is 2. The van der Waals surface area contributed by atoms with Crippen LogP contribution < -0.4 is 0 Å². The molecule has 0 bridgehead atoms. The largest absolute Gasteiger partial charge is 0.504 e. The molecule has 0 atom stereocenters. The maximum atomic E-state index is 11.6. The molecule has 1 aromatic heterocycles. The summed E-state index contributed by atoms with van der Waals surface area (Å²) in [6.45, 7) is 12.3. The van der Waals surface area contributed by atoms with Crippen LogP contribution in [0.2, 0.25) is 0 Å². The van der Waals surface area contributed by atoms with Crippen molar-refractivity contribution in [3.63, 3.8) is 0 Å². The molecule has 1 aliphatic rings. The first kappa shape index (κ1) is 16.5. The molecule has 0 amide bonds. The van der Waals surface area contributed by atoms with Gasteiger partial charge in [-0.1, -0.05) is 41.5 Å². The fraction of sp³-hybridized carbons (Fsp3) is 0.588. The molecule has 0 unspecified atom stereocenters. The Morgan fingerprint density at radius 1 is 1.05 bits per heavy atom. The van der Waals surface area contributed by atoms with Crippen molar-refractivity contribution >= 4 is 12.0 Å². The van der Waals surface area contributed by atoms with Gasteiger partial charge in [-0.05, 0) is 6.08 Å². The summed E-state index contributed by atoms with van der Waals surface area (Å²) in [7, 11) is 0. The number of cyclic esters (lactones) is 1. The molecule has 0 aromatic carbocycles. The molecule has 1 fully saturated rings. The van der Waals surface area contributed by atoms with Gasteiger partial charge in [0.25, 0.3) is 0 Å². The molecule has 22 heavy (non-hydrogen) atoms. The summed E-state index contributed by atoms with van der Waals surface area (Å²) in [5.74, 6) is 0.268. The summed E-state index contributed by atoms with van der Waals surface area (Å²) >= 11 is 0. The molecule has 1 aromatic rings. The summed E-state index contributed by atoms with van der Waals surface area (Å²) in [5.41, 5.74) is 1.11. The van der Waals surface area contributed by atoms with Gasteiger partial charge in [0.2, 0.25) is 0 Å². The summed E-state index contributed by atoms with van der Waals surface area (Å²) in [6.07, 6.45) is 2.23. The van der Waals surface area contributed by atoms with Gasteiger partial charge in [-0.25, -0.2) is 14.8 Å². The SMILES string of the molecule is CC(C)(C)c1nc(/C=C2\CCOC2=O)nc(C(C)(C)C)c1O. The van der Waals surface area contributed by atoms with Gasteiger partial charge in [-0.2, -0.15) is 0 Å². The van der Waals surface area contributed by atoms with Crippen molar-refractivity contribution in [1.29, 1.82) is 0 Å². The van der Waals surface area contributed by atoms with Crippen molar-refractivity contribution in [3.05, 3.63) is 22.8 Å². The molecule has 1 N–H and O–H groups in total. The summed E-state index contributed by atoms with van der Waals surface area (Å²) < 4.78 is 4.94. The standard InChI is InChI=1S/C17H24N2O3/c1-16(2,3)13-12(20)14(17(4,5)6)19-11(18-13)9-10-7-8-22-15(10)21/h9,20H,7-8H2,1-6H3/b10-9+. The fourth-order valence-corrected chi connectivity index (χ4v) is 2.32. The van der Waals surface area contributed by atoms with E-state index in [0.29, 0.717) is 35.8 Å². The van der Waals surface area contributed by atoms with Crippen LogP contribution in [-0.2, 0) is 20.4 Å². The average molecular weight is 304 g/mol. The number of hydrogen-bond acceptors (Lipinski definition) is 5. The minimum atomic E-state index is -0.323. The van der Waals surface area contributed by atoms with E-state index in [1.807, 2.05) is 41.5 Å². The van der Waals surface area contributed by atoms with Crippen molar-refractivity contribution in [2.24, 2.45) is 0 Å². The number of carbonyl (C=O) groups is 1. The molecule has 1 saturated heterocycles.